The molecule has 3 rings (SSSR count). The molecular formula is C19H22O4. The molecule has 1 aliphatic rings. The molecule has 122 valence electrons. The molecule has 1 heterocycles. The molecule has 23 heavy (non-hydrogen) atoms. The molecule has 0 saturated carbocycles. The van der Waals surface area contributed by atoms with Crippen molar-refractivity contribution in [3.63, 3.8) is 0 Å². The minimum atomic E-state index is -0.500. The normalized spacial score (nSPS) is 17.1. The van der Waals surface area contributed by atoms with Crippen molar-refractivity contribution in [1.29, 1.82) is 0 Å². The van der Waals surface area contributed by atoms with Crippen LogP contribution in [-0.4, -0.2) is 25.3 Å². The van der Waals surface area contributed by atoms with E-state index < -0.39 is 5.41 Å². The van der Waals surface area contributed by atoms with E-state index in [4.69, 9.17) is 14.2 Å². The van der Waals surface area contributed by atoms with E-state index in [1.807, 2.05) is 51.1 Å². The molecule has 0 bridgehead atoms. The first-order valence-electron chi connectivity index (χ1n) is 7.99. The lowest BCUT2D eigenvalue weighted by Gasteiger charge is -2.21. The fourth-order valence-electron chi connectivity index (χ4n) is 2.19. The number of esters is 1. The van der Waals surface area contributed by atoms with Crippen LogP contribution in [0.15, 0.2) is 36.4 Å². The van der Waals surface area contributed by atoms with Crippen LogP contribution in [0.5, 0.6) is 11.5 Å². The molecule has 1 atom stereocenters. The van der Waals surface area contributed by atoms with Gasteiger partial charge in [-0.2, -0.15) is 0 Å². The van der Waals surface area contributed by atoms with Crippen LogP contribution in [0.1, 0.15) is 27.2 Å². The molecule has 2 aromatic carbocycles. The highest BCUT2D eigenvalue weighted by Crippen LogP contribution is 2.35. The number of epoxide rings is 1. The van der Waals surface area contributed by atoms with Crippen LogP contribution in [0, 0.1) is 5.41 Å². The SMILES string of the molecule is CCC(C)(C)C(=O)Oc1ccc(OCC2CO2)c2ccccc12. The second-order valence-corrected chi connectivity index (χ2v) is 6.50. The van der Waals surface area contributed by atoms with E-state index >= 15 is 0 Å². The summed E-state index contributed by atoms with van der Waals surface area (Å²) in [7, 11) is 0. The molecule has 1 aliphatic heterocycles. The topological polar surface area (TPSA) is 48.1 Å². The molecule has 0 aliphatic carbocycles. The lowest BCUT2D eigenvalue weighted by atomic mass is 9.90. The first kappa shape index (κ1) is 15.8. The summed E-state index contributed by atoms with van der Waals surface area (Å²) < 4.78 is 16.7. The number of hydrogen-bond donors (Lipinski definition) is 0. The Morgan fingerprint density at radius 3 is 2.39 bits per heavy atom. The minimum absolute atomic E-state index is 0.205. The zero-order chi connectivity index (χ0) is 16.4. The quantitative estimate of drug-likeness (QED) is 0.460. The van der Waals surface area contributed by atoms with Crippen molar-refractivity contribution < 1.29 is 19.0 Å². The molecule has 1 fully saturated rings. The zero-order valence-electron chi connectivity index (χ0n) is 13.8. The summed E-state index contributed by atoms with van der Waals surface area (Å²) in [6, 6.07) is 11.4. The number of carbonyl (C=O) groups excluding carboxylic acids is 1. The molecule has 0 N–H and O–H groups in total. The summed E-state index contributed by atoms with van der Waals surface area (Å²) in [5, 5.41) is 1.81. The predicted molar refractivity (Wildman–Crippen MR) is 88.9 cm³/mol. The van der Waals surface area contributed by atoms with E-state index in [9.17, 15) is 4.79 Å². The lowest BCUT2D eigenvalue weighted by molar-refractivity contribution is -0.144. The molecule has 0 spiro atoms. The summed E-state index contributed by atoms with van der Waals surface area (Å²) in [4.78, 5) is 12.3. The number of rotatable bonds is 6. The number of carbonyl (C=O) groups is 1. The van der Waals surface area contributed by atoms with E-state index in [-0.39, 0.29) is 12.1 Å². The molecule has 1 unspecified atom stereocenters. The Bertz CT molecular complexity index is 716. The predicted octanol–water partition coefficient (Wildman–Crippen LogP) is 3.96. The van der Waals surface area contributed by atoms with Gasteiger partial charge in [0.15, 0.2) is 0 Å². The third kappa shape index (κ3) is 3.48. The Morgan fingerprint density at radius 1 is 1.17 bits per heavy atom. The third-order valence-corrected chi connectivity index (χ3v) is 4.31. The van der Waals surface area contributed by atoms with Crippen molar-refractivity contribution in [3.05, 3.63) is 36.4 Å². The van der Waals surface area contributed by atoms with Gasteiger partial charge in [0.05, 0.1) is 12.0 Å². The van der Waals surface area contributed by atoms with Crippen molar-refractivity contribution in [2.45, 2.75) is 33.3 Å². The van der Waals surface area contributed by atoms with Gasteiger partial charge < -0.3 is 14.2 Å². The average Bonchev–Trinajstić information content (AvgIpc) is 3.38. The van der Waals surface area contributed by atoms with E-state index in [1.54, 1.807) is 6.07 Å². The highest BCUT2D eigenvalue weighted by molar-refractivity contribution is 5.95. The molecule has 0 radical (unpaired) electrons. The average molecular weight is 314 g/mol. The van der Waals surface area contributed by atoms with Crippen LogP contribution in [-0.2, 0) is 9.53 Å². The van der Waals surface area contributed by atoms with Crippen molar-refractivity contribution in [1.82, 2.24) is 0 Å². The summed E-state index contributed by atoms with van der Waals surface area (Å²) in [6.07, 6.45) is 0.934. The van der Waals surface area contributed by atoms with Crippen LogP contribution in [0.3, 0.4) is 0 Å². The number of ether oxygens (including phenoxy) is 3. The van der Waals surface area contributed by atoms with E-state index in [0.29, 0.717) is 12.4 Å². The van der Waals surface area contributed by atoms with Gasteiger partial charge in [-0.05, 0) is 32.4 Å². The second-order valence-electron chi connectivity index (χ2n) is 6.50. The standard InChI is InChI=1S/C19H22O4/c1-4-19(2,3)18(20)23-17-10-9-16(22-12-13-11-21-13)14-7-5-6-8-15(14)17/h5-10,13H,4,11-12H2,1-3H3. The second kappa shape index (κ2) is 6.20. The Hall–Kier alpha value is -2.07. The van der Waals surface area contributed by atoms with Gasteiger partial charge in [0, 0.05) is 10.8 Å². The van der Waals surface area contributed by atoms with Gasteiger partial charge in [0.2, 0.25) is 0 Å². The van der Waals surface area contributed by atoms with Crippen LogP contribution >= 0.6 is 0 Å². The monoisotopic (exact) mass is 314 g/mol. The number of benzene rings is 2. The highest BCUT2D eigenvalue weighted by atomic mass is 16.6. The summed E-state index contributed by atoms with van der Waals surface area (Å²) in [5.74, 6) is 1.14. The summed E-state index contributed by atoms with van der Waals surface area (Å²) in [6.45, 7) is 7.08. The van der Waals surface area contributed by atoms with Crippen molar-refractivity contribution >= 4 is 16.7 Å². The maximum atomic E-state index is 12.3. The molecular weight excluding hydrogens is 292 g/mol. The Kier molecular flexibility index (Phi) is 4.26. The molecule has 2 aromatic rings. The van der Waals surface area contributed by atoms with Crippen LogP contribution in [0.4, 0.5) is 0 Å². The first-order valence-corrected chi connectivity index (χ1v) is 7.99. The zero-order valence-corrected chi connectivity index (χ0v) is 13.8. The van der Waals surface area contributed by atoms with Gasteiger partial charge >= 0.3 is 5.97 Å². The van der Waals surface area contributed by atoms with Gasteiger partial charge in [-0.25, -0.2) is 0 Å². The van der Waals surface area contributed by atoms with Crippen molar-refractivity contribution in [2.24, 2.45) is 5.41 Å². The highest BCUT2D eigenvalue weighted by Gasteiger charge is 2.28. The van der Waals surface area contributed by atoms with Gasteiger partial charge in [-0.3, -0.25) is 4.79 Å². The largest absolute Gasteiger partial charge is 0.490 e. The number of hydrogen-bond acceptors (Lipinski definition) is 4. The van der Waals surface area contributed by atoms with E-state index in [1.165, 1.54) is 0 Å². The molecule has 4 heteroatoms. The van der Waals surface area contributed by atoms with Crippen LogP contribution < -0.4 is 9.47 Å². The number of fused-ring (bicyclic) bond motifs is 1. The summed E-state index contributed by atoms with van der Waals surface area (Å²) >= 11 is 0. The van der Waals surface area contributed by atoms with Gasteiger partial charge in [0.1, 0.15) is 24.2 Å². The molecule has 0 aromatic heterocycles. The summed E-state index contributed by atoms with van der Waals surface area (Å²) in [5.41, 5.74) is -0.500. The fraction of sp³-hybridized carbons (Fsp3) is 0.421. The van der Waals surface area contributed by atoms with Crippen molar-refractivity contribution in [3.8, 4) is 11.5 Å². The van der Waals surface area contributed by atoms with Gasteiger partial charge in [0.25, 0.3) is 0 Å². The molecule has 4 nitrogen and oxygen atoms in total. The third-order valence-electron chi connectivity index (χ3n) is 4.31. The Labute approximate surface area is 136 Å². The van der Waals surface area contributed by atoms with Crippen LogP contribution in [0.2, 0.25) is 0 Å². The Balaban J connectivity index is 1.89. The van der Waals surface area contributed by atoms with Gasteiger partial charge in [-0.1, -0.05) is 31.2 Å². The van der Waals surface area contributed by atoms with E-state index in [0.717, 1.165) is 29.5 Å². The Morgan fingerprint density at radius 2 is 1.78 bits per heavy atom. The minimum Gasteiger partial charge on any atom is -0.490 e. The smallest absolute Gasteiger partial charge is 0.316 e. The maximum absolute atomic E-state index is 12.3. The maximum Gasteiger partial charge on any atom is 0.316 e. The lowest BCUT2D eigenvalue weighted by Crippen LogP contribution is -2.28. The van der Waals surface area contributed by atoms with Crippen LogP contribution in [0.25, 0.3) is 10.8 Å². The molecule has 1 saturated heterocycles. The first-order chi connectivity index (χ1) is 11.0. The van der Waals surface area contributed by atoms with E-state index in [2.05, 4.69) is 0 Å². The van der Waals surface area contributed by atoms with Gasteiger partial charge in [-0.15, -0.1) is 0 Å². The fourth-order valence-corrected chi connectivity index (χ4v) is 2.19. The van der Waals surface area contributed by atoms with Crippen molar-refractivity contribution in [2.75, 3.05) is 13.2 Å². The molecule has 0 amide bonds.